The molecule has 2 aliphatic rings. The van der Waals surface area contributed by atoms with Crippen molar-refractivity contribution in [3.63, 3.8) is 0 Å². The molecule has 1 aromatic carbocycles. The highest BCUT2D eigenvalue weighted by Gasteiger charge is 2.28. The van der Waals surface area contributed by atoms with Crippen molar-refractivity contribution < 1.29 is 9.50 Å². The number of halogens is 1. The summed E-state index contributed by atoms with van der Waals surface area (Å²) in [7, 11) is 0. The summed E-state index contributed by atoms with van der Waals surface area (Å²) >= 11 is 0. The maximum Gasteiger partial charge on any atom is 0.126 e. The third-order valence-electron chi connectivity index (χ3n) is 7.30. The summed E-state index contributed by atoms with van der Waals surface area (Å²) in [5.74, 6) is 2.05. The molecule has 2 fully saturated rings. The van der Waals surface area contributed by atoms with E-state index in [1.54, 1.807) is 12.1 Å². The molecule has 28 heavy (non-hydrogen) atoms. The Bertz CT molecular complexity index is 613. The van der Waals surface area contributed by atoms with E-state index in [1.807, 2.05) is 0 Å². The number of phenolic OH excluding ortho intramolecular Hbond substituents is 1. The Balaban J connectivity index is 1.63. The van der Waals surface area contributed by atoms with E-state index in [9.17, 15) is 9.50 Å². The lowest BCUT2D eigenvalue weighted by Crippen LogP contribution is -2.30. The number of rotatable bonds is 6. The van der Waals surface area contributed by atoms with Gasteiger partial charge in [-0.05, 0) is 73.1 Å². The third-order valence-corrected chi connectivity index (χ3v) is 7.30. The van der Waals surface area contributed by atoms with E-state index in [2.05, 4.69) is 0 Å². The smallest absolute Gasteiger partial charge is 0.126 e. The van der Waals surface area contributed by atoms with Crippen LogP contribution in [0.25, 0.3) is 0 Å². The van der Waals surface area contributed by atoms with Crippen LogP contribution in [0.3, 0.4) is 0 Å². The van der Waals surface area contributed by atoms with E-state index in [1.165, 1.54) is 57.8 Å². The maximum absolute atomic E-state index is 14.7. The molecule has 0 aliphatic heterocycles. The molecule has 0 aromatic heterocycles. The average Bonchev–Trinajstić information content (AvgIpc) is 3.11. The fourth-order valence-corrected chi connectivity index (χ4v) is 5.49. The van der Waals surface area contributed by atoms with Gasteiger partial charge in [-0.3, -0.25) is 0 Å². The first-order valence-electron chi connectivity index (χ1n) is 11.6. The summed E-state index contributed by atoms with van der Waals surface area (Å²) < 4.78 is 14.7. The summed E-state index contributed by atoms with van der Waals surface area (Å²) in [6, 6.07) is 3.10. The second kappa shape index (κ2) is 10.6. The zero-order valence-corrected chi connectivity index (χ0v) is 17.3. The molecule has 0 radical (unpaired) electrons. The Hall–Kier alpha value is -1.13. The molecule has 5 N–H and O–H groups in total. The van der Waals surface area contributed by atoms with Gasteiger partial charge in [-0.2, -0.15) is 0 Å². The van der Waals surface area contributed by atoms with E-state index in [-0.39, 0.29) is 23.5 Å². The molecule has 4 heteroatoms. The Morgan fingerprint density at radius 3 is 2.32 bits per heavy atom. The van der Waals surface area contributed by atoms with Crippen LogP contribution in [-0.4, -0.2) is 17.7 Å². The Morgan fingerprint density at radius 2 is 1.61 bits per heavy atom. The van der Waals surface area contributed by atoms with Gasteiger partial charge >= 0.3 is 0 Å². The predicted molar refractivity (Wildman–Crippen MR) is 114 cm³/mol. The monoisotopic (exact) mass is 390 g/mol. The van der Waals surface area contributed by atoms with Crippen LogP contribution in [0, 0.1) is 17.7 Å². The summed E-state index contributed by atoms with van der Waals surface area (Å²) in [5, 5.41) is 10.6. The highest BCUT2D eigenvalue weighted by molar-refractivity contribution is 5.40. The second-order valence-corrected chi connectivity index (χ2v) is 9.25. The van der Waals surface area contributed by atoms with Crippen LogP contribution in [-0.2, 0) is 6.42 Å². The lowest BCUT2D eigenvalue weighted by Gasteiger charge is -2.25. The SMILES string of the molecule is NC[C@@H](N)CCc1cc(O)c(C2CCCC(C3CCCCCC3)CC2)cc1F. The molecular formula is C24H39FN2O. The first kappa shape index (κ1) is 21.6. The molecule has 0 amide bonds. The van der Waals surface area contributed by atoms with Crippen LogP contribution in [0.1, 0.15) is 94.1 Å². The molecule has 0 spiro atoms. The zero-order valence-electron chi connectivity index (χ0n) is 17.3. The number of hydrogen-bond donors (Lipinski definition) is 3. The highest BCUT2D eigenvalue weighted by Crippen LogP contribution is 2.43. The molecule has 1 aromatic rings. The molecule has 2 aliphatic carbocycles. The molecule has 3 rings (SSSR count). The largest absolute Gasteiger partial charge is 0.508 e. The molecule has 0 bridgehead atoms. The third kappa shape index (κ3) is 5.70. The first-order chi connectivity index (χ1) is 13.6. The second-order valence-electron chi connectivity index (χ2n) is 9.25. The van der Waals surface area contributed by atoms with Gasteiger partial charge in [-0.25, -0.2) is 4.39 Å². The number of aromatic hydroxyl groups is 1. The quantitative estimate of drug-likeness (QED) is 0.571. The molecule has 2 saturated carbocycles. The fourth-order valence-electron chi connectivity index (χ4n) is 5.49. The van der Waals surface area contributed by atoms with E-state index >= 15 is 0 Å². The normalized spacial score (nSPS) is 25.8. The predicted octanol–water partition coefficient (Wildman–Crippen LogP) is 5.38. The minimum atomic E-state index is -0.207. The molecule has 2 unspecified atom stereocenters. The highest BCUT2D eigenvalue weighted by atomic mass is 19.1. The van der Waals surface area contributed by atoms with Crippen molar-refractivity contribution in [1.29, 1.82) is 0 Å². The fraction of sp³-hybridized carbons (Fsp3) is 0.750. The van der Waals surface area contributed by atoms with Crippen molar-refractivity contribution in [2.75, 3.05) is 6.54 Å². The number of nitrogens with two attached hydrogens (primary N) is 2. The first-order valence-corrected chi connectivity index (χ1v) is 11.6. The van der Waals surface area contributed by atoms with Crippen molar-refractivity contribution in [1.82, 2.24) is 0 Å². The maximum atomic E-state index is 14.7. The average molecular weight is 391 g/mol. The van der Waals surface area contributed by atoms with Gasteiger partial charge in [0, 0.05) is 12.6 Å². The van der Waals surface area contributed by atoms with Crippen LogP contribution >= 0.6 is 0 Å². The van der Waals surface area contributed by atoms with Crippen molar-refractivity contribution >= 4 is 0 Å². The van der Waals surface area contributed by atoms with Gasteiger partial charge in [0.25, 0.3) is 0 Å². The molecule has 158 valence electrons. The van der Waals surface area contributed by atoms with Crippen molar-refractivity contribution in [2.24, 2.45) is 23.3 Å². The summed E-state index contributed by atoms with van der Waals surface area (Å²) in [6.07, 6.45) is 15.4. The summed E-state index contributed by atoms with van der Waals surface area (Å²) in [6.45, 7) is 0.399. The standard InChI is InChI=1S/C24H39FN2O/c25-23-15-22(24(28)14-20(23)12-13-21(27)16-26)19-9-5-8-18(10-11-19)17-6-3-1-2-4-7-17/h14-15,17-19,21,28H,1-13,16,26-27H2/t18?,19?,21-/m0/s1. The van der Waals surface area contributed by atoms with Gasteiger partial charge in [-0.1, -0.05) is 51.4 Å². The van der Waals surface area contributed by atoms with Gasteiger partial charge < -0.3 is 16.6 Å². The number of hydrogen-bond acceptors (Lipinski definition) is 3. The lowest BCUT2D eigenvalue weighted by atomic mass is 9.81. The topological polar surface area (TPSA) is 72.3 Å². The van der Waals surface area contributed by atoms with Crippen LogP contribution in [0.5, 0.6) is 5.75 Å². The van der Waals surface area contributed by atoms with E-state index in [0.717, 1.165) is 30.2 Å². The van der Waals surface area contributed by atoms with Crippen LogP contribution in [0.4, 0.5) is 4.39 Å². The van der Waals surface area contributed by atoms with Crippen LogP contribution in [0.2, 0.25) is 0 Å². The molecule has 0 heterocycles. The summed E-state index contributed by atoms with van der Waals surface area (Å²) in [4.78, 5) is 0. The van der Waals surface area contributed by atoms with Crippen molar-refractivity contribution in [3.05, 3.63) is 29.1 Å². The van der Waals surface area contributed by atoms with Crippen LogP contribution in [0.15, 0.2) is 12.1 Å². The van der Waals surface area contributed by atoms with Gasteiger partial charge in [0.05, 0.1) is 0 Å². The van der Waals surface area contributed by atoms with Gasteiger partial charge in [0.2, 0.25) is 0 Å². The number of aryl methyl sites for hydroxylation is 1. The minimum Gasteiger partial charge on any atom is -0.508 e. The lowest BCUT2D eigenvalue weighted by molar-refractivity contribution is 0.268. The molecule has 0 saturated heterocycles. The van der Waals surface area contributed by atoms with Crippen LogP contribution < -0.4 is 11.5 Å². The van der Waals surface area contributed by atoms with Gasteiger partial charge in [0.15, 0.2) is 0 Å². The van der Waals surface area contributed by atoms with Gasteiger partial charge in [0.1, 0.15) is 11.6 Å². The summed E-state index contributed by atoms with van der Waals surface area (Å²) in [5.41, 5.74) is 12.8. The van der Waals surface area contributed by atoms with E-state index in [4.69, 9.17) is 11.5 Å². The van der Waals surface area contributed by atoms with Crippen molar-refractivity contribution in [3.8, 4) is 5.75 Å². The van der Waals surface area contributed by atoms with E-state index in [0.29, 0.717) is 24.9 Å². The number of phenols is 1. The molecule has 3 atom stereocenters. The number of benzene rings is 1. The Kier molecular flexibility index (Phi) is 8.16. The zero-order chi connectivity index (χ0) is 19.9. The molecular weight excluding hydrogens is 351 g/mol. The van der Waals surface area contributed by atoms with Crippen molar-refractivity contribution in [2.45, 2.75) is 95.4 Å². The Labute approximate surface area is 170 Å². The minimum absolute atomic E-state index is 0.121. The molecule has 3 nitrogen and oxygen atoms in total. The van der Waals surface area contributed by atoms with E-state index < -0.39 is 0 Å². The van der Waals surface area contributed by atoms with Gasteiger partial charge in [-0.15, -0.1) is 0 Å². The Morgan fingerprint density at radius 1 is 0.929 bits per heavy atom.